The van der Waals surface area contributed by atoms with Gasteiger partial charge in [0.25, 0.3) is 0 Å². The van der Waals surface area contributed by atoms with Gasteiger partial charge in [-0.3, -0.25) is 4.79 Å². The maximum Gasteiger partial charge on any atom is 0.240 e. The van der Waals surface area contributed by atoms with Gasteiger partial charge >= 0.3 is 0 Å². The van der Waals surface area contributed by atoms with Crippen LogP contribution in [0.3, 0.4) is 0 Å². The molecule has 1 unspecified atom stereocenters. The van der Waals surface area contributed by atoms with Crippen LogP contribution in [0.25, 0.3) is 0 Å². The maximum atomic E-state index is 11.8. The van der Waals surface area contributed by atoms with Crippen molar-refractivity contribution in [3.05, 3.63) is 28.8 Å². The van der Waals surface area contributed by atoms with Gasteiger partial charge in [0.1, 0.15) is 5.38 Å². The number of halogens is 2. The molecule has 1 aromatic carbocycles. The van der Waals surface area contributed by atoms with Gasteiger partial charge in [0.15, 0.2) is 0 Å². The van der Waals surface area contributed by atoms with E-state index in [2.05, 4.69) is 11.8 Å². The van der Waals surface area contributed by atoms with Crippen molar-refractivity contribution in [2.45, 2.75) is 19.2 Å². The lowest BCUT2D eigenvalue weighted by molar-refractivity contribution is -0.130. The van der Waals surface area contributed by atoms with E-state index in [1.807, 2.05) is 23.1 Å². The number of carbonyl (C=O) groups excluding carboxylic acids is 1. The first-order valence-electron chi connectivity index (χ1n) is 6.43. The summed E-state index contributed by atoms with van der Waals surface area (Å²) in [5, 5.41) is 0.299. The summed E-state index contributed by atoms with van der Waals surface area (Å²) in [6.45, 7) is 6.85. The molecule has 0 radical (unpaired) electrons. The van der Waals surface area contributed by atoms with Gasteiger partial charge < -0.3 is 9.80 Å². The first-order chi connectivity index (χ1) is 8.99. The van der Waals surface area contributed by atoms with Crippen LogP contribution in [0.5, 0.6) is 0 Å². The summed E-state index contributed by atoms with van der Waals surface area (Å²) in [5.74, 6) is 0.0177. The van der Waals surface area contributed by atoms with Crippen LogP contribution in [-0.2, 0) is 4.79 Å². The third kappa shape index (κ3) is 3.34. The van der Waals surface area contributed by atoms with Crippen molar-refractivity contribution in [3.63, 3.8) is 0 Å². The number of carbonyl (C=O) groups is 1. The molecule has 0 bridgehead atoms. The summed E-state index contributed by atoms with van der Waals surface area (Å²) in [6, 6.07) is 5.91. The minimum atomic E-state index is -0.445. The SMILES string of the molecule is Cc1ccc(Cl)cc1N1CCN(C(=O)C(C)Cl)CC1. The van der Waals surface area contributed by atoms with Crippen LogP contribution in [0, 0.1) is 6.92 Å². The van der Waals surface area contributed by atoms with Gasteiger partial charge in [-0.1, -0.05) is 17.7 Å². The van der Waals surface area contributed by atoms with E-state index < -0.39 is 5.38 Å². The molecule has 1 fully saturated rings. The van der Waals surface area contributed by atoms with E-state index >= 15 is 0 Å². The van der Waals surface area contributed by atoms with Crippen molar-refractivity contribution in [2.24, 2.45) is 0 Å². The quantitative estimate of drug-likeness (QED) is 0.784. The second-order valence-electron chi connectivity index (χ2n) is 4.86. The van der Waals surface area contributed by atoms with Crippen LogP contribution in [-0.4, -0.2) is 42.4 Å². The van der Waals surface area contributed by atoms with Gasteiger partial charge in [-0.15, -0.1) is 11.6 Å². The Bertz CT molecular complexity index is 469. The fraction of sp³-hybridized carbons (Fsp3) is 0.500. The first kappa shape index (κ1) is 14.5. The molecule has 1 aromatic rings. The molecule has 19 heavy (non-hydrogen) atoms. The van der Waals surface area contributed by atoms with Crippen LogP contribution >= 0.6 is 23.2 Å². The number of rotatable bonds is 2. The Hall–Kier alpha value is -0.930. The lowest BCUT2D eigenvalue weighted by atomic mass is 10.1. The van der Waals surface area contributed by atoms with Crippen LogP contribution in [0.4, 0.5) is 5.69 Å². The van der Waals surface area contributed by atoms with E-state index in [-0.39, 0.29) is 5.91 Å². The van der Waals surface area contributed by atoms with E-state index in [0.29, 0.717) is 13.1 Å². The lowest BCUT2D eigenvalue weighted by Gasteiger charge is -2.37. The fourth-order valence-electron chi connectivity index (χ4n) is 2.34. The molecule has 1 saturated heterocycles. The maximum absolute atomic E-state index is 11.8. The Balaban J connectivity index is 2.04. The minimum absolute atomic E-state index is 0.0177. The zero-order chi connectivity index (χ0) is 14.0. The van der Waals surface area contributed by atoms with Crippen molar-refractivity contribution in [1.29, 1.82) is 0 Å². The van der Waals surface area contributed by atoms with Crippen molar-refractivity contribution in [1.82, 2.24) is 4.90 Å². The molecule has 0 N–H and O–H groups in total. The number of anilines is 1. The molecule has 0 saturated carbocycles. The van der Waals surface area contributed by atoms with Crippen LogP contribution in [0.1, 0.15) is 12.5 Å². The molecule has 2 rings (SSSR count). The largest absolute Gasteiger partial charge is 0.368 e. The molecular weight excluding hydrogens is 283 g/mol. The third-order valence-electron chi connectivity index (χ3n) is 3.44. The van der Waals surface area contributed by atoms with Gasteiger partial charge in [-0.2, -0.15) is 0 Å². The summed E-state index contributed by atoms with van der Waals surface area (Å²) in [7, 11) is 0. The van der Waals surface area contributed by atoms with Gasteiger partial charge in [0.2, 0.25) is 5.91 Å². The van der Waals surface area contributed by atoms with E-state index in [0.717, 1.165) is 23.8 Å². The van der Waals surface area contributed by atoms with Gasteiger partial charge in [0, 0.05) is 36.9 Å². The standard InChI is InChI=1S/C14H18Cl2N2O/c1-10-3-4-12(16)9-13(10)17-5-7-18(8-6-17)14(19)11(2)15/h3-4,9,11H,5-8H2,1-2H3. The zero-order valence-corrected chi connectivity index (χ0v) is 12.7. The predicted molar refractivity (Wildman–Crippen MR) is 80.3 cm³/mol. The Morgan fingerprint density at radius 2 is 1.89 bits per heavy atom. The highest BCUT2D eigenvalue weighted by atomic mass is 35.5. The molecule has 0 aliphatic carbocycles. The number of hydrogen-bond donors (Lipinski definition) is 0. The number of piperazine rings is 1. The van der Waals surface area contributed by atoms with E-state index in [1.165, 1.54) is 5.56 Å². The second kappa shape index (κ2) is 6.02. The molecule has 0 aromatic heterocycles. The zero-order valence-electron chi connectivity index (χ0n) is 11.2. The Morgan fingerprint density at radius 3 is 2.47 bits per heavy atom. The van der Waals surface area contributed by atoms with Crippen LogP contribution in [0.2, 0.25) is 5.02 Å². The number of aryl methyl sites for hydroxylation is 1. The average molecular weight is 301 g/mol. The molecule has 5 heteroatoms. The van der Waals surface area contributed by atoms with Crippen molar-refractivity contribution in [3.8, 4) is 0 Å². The Kier molecular flexibility index (Phi) is 4.58. The predicted octanol–water partition coefficient (Wildman–Crippen LogP) is 2.92. The third-order valence-corrected chi connectivity index (χ3v) is 3.87. The van der Waals surface area contributed by atoms with Crippen molar-refractivity contribution >= 4 is 34.8 Å². The number of amides is 1. The van der Waals surface area contributed by atoms with E-state index in [4.69, 9.17) is 23.2 Å². The number of benzene rings is 1. The van der Waals surface area contributed by atoms with Gasteiger partial charge in [-0.25, -0.2) is 0 Å². The normalized spacial score (nSPS) is 17.5. The monoisotopic (exact) mass is 300 g/mol. The minimum Gasteiger partial charge on any atom is -0.368 e. The summed E-state index contributed by atoms with van der Waals surface area (Å²) in [5.41, 5.74) is 2.36. The highest BCUT2D eigenvalue weighted by Gasteiger charge is 2.24. The van der Waals surface area contributed by atoms with E-state index in [9.17, 15) is 4.79 Å². The molecule has 1 heterocycles. The lowest BCUT2D eigenvalue weighted by Crippen LogP contribution is -2.50. The number of hydrogen-bond acceptors (Lipinski definition) is 2. The molecular formula is C14H18Cl2N2O. The highest BCUT2D eigenvalue weighted by Crippen LogP contribution is 2.25. The summed E-state index contributed by atoms with van der Waals surface area (Å²) >= 11 is 11.9. The second-order valence-corrected chi connectivity index (χ2v) is 5.95. The van der Waals surface area contributed by atoms with Crippen molar-refractivity contribution in [2.75, 3.05) is 31.1 Å². The smallest absolute Gasteiger partial charge is 0.240 e. The molecule has 104 valence electrons. The topological polar surface area (TPSA) is 23.6 Å². The van der Waals surface area contributed by atoms with Crippen LogP contribution < -0.4 is 4.90 Å². The fourth-order valence-corrected chi connectivity index (χ4v) is 2.65. The van der Waals surface area contributed by atoms with Crippen molar-refractivity contribution < 1.29 is 4.79 Å². The molecule has 1 aliphatic heterocycles. The van der Waals surface area contributed by atoms with Gasteiger partial charge in [-0.05, 0) is 31.5 Å². The number of nitrogens with zero attached hydrogens (tertiary/aromatic N) is 2. The summed E-state index contributed by atoms with van der Waals surface area (Å²) < 4.78 is 0. The van der Waals surface area contributed by atoms with E-state index in [1.54, 1.807) is 6.92 Å². The molecule has 0 spiro atoms. The molecule has 1 aliphatic rings. The molecule has 1 amide bonds. The summed E-state index contributed by atoms with van der Waals surface area (Å²) in [6.07, 6.45) is 0. The highest BCUT2D eigenvalue weighted by molar-refractivity contribution is 6.31. The average Bonchev–Trinajstić information content (AvgIpc) is 2.41. The Morgan fingerprint density at radius 1 is 1.26 bits per heavy atom. The molecule has 1 atom stereocenters. The summed E-state index contributed by atoms with van der Waals surface area (Å²) in [4.78, 5) is 15.9. The molecule has 3 nitrogen and oxygen atoms in total. The van der Waals surface area contributed by atoms with Gasteiger partial charge in [0.05, 0.1) is 0 Å². The van der Waals surface area contributed by atoms with Crippen LogP contribution in [0.15, 0.2) is 18.2 Å². The Labute approximate surface area is 124 Å². The number of alkyl halides is 1. The first-order valence-corrected chi connectivity index (χ1v) is 7.24.